The van der Waals surface area contributed by atoms with E-state index in [2.05, 4.69) is 26.6 Å². The SMILES string of the molecule is CCCC(C(C(=O)OCC)C(C)O)[Si](C)(C)C. The Hall–Kier alpha value is -0.353. The molecule has 3 atom stereocenters. The fourth-order valence-electron chi connectivity index (χ4n) is 2.40. The lowest BCUT2D eigenvalue weighted by Gasteiger charge is -2.36. The first-order chi connectivity index (χ1) is 7.75. The second-order valence-corrected chi connectivity index (χ2v) is 11.3. The molecular formula is C13H28O3Si. The van der Waals surface area contributed by atoms with Crippen LogP contribution in [0.2, 0.25) is 25.2 Å². The van der Waals surface area contributed by atoms with Crippen LogP contribution in [0.1, 0.15) is 33.6 Å². The first-order valence-corrected chi connectivity index (χ1v) is 10.2. The predicted octanol–water partition coefficient (Wildman–Crippen LogP) is 3.06. The molecule has 0 aromatic carbocycles. The molecule has 0 heterocycles. The summed E-state index contributed by atoms with van der Waals surface area (Å²) < 4.78 is 5.11. The van der Waals surface area contributed by atoms with Crippen LogP contribution in [0.5, 0.6) is 0 Å². The van der Waals surface area contributed by atoms with E-state index >= 15 is 0 Å². The maximum Gasteiger partial charge on any atom is 0.311 e. The summed E-state index contributed by atoms with van der Waals surface area (Å²) in [7, 11) is -1.49. The van der Waals surface area contributed by atoms with Crippen LogP contribution in [0.25, 0.3) is 0 Å². The fourth-order valence-corrected chi connectivity index (χ4v) is 5.04. The summed E-state index contributed by atoms with van der Waals surface area (Å²) in [5.74, 6) is -0.593. The van der Waals surface area contributed by atoms with Gasteiger partial charge in [-0.25, -0.2) is 0 Å². The quantitative estimate of drug-likeness (QED) is 0.565. The van der Waals surface area contributed by atoms with Crippen LogP contribution in [0, 0.1) is 5.92 Å². The van der Waals surface area contributed by atoms with E-state index in [0.29, 0.717) is 6.61 Å². The van der Waals surface area contributed by atoms with E-state index in [0.717, 1.165) is 12.8 Å². The summed E-state index contributed by atoms with van der Waals surface area (Å²) in [5, 5.41) is 9.89. The van der Waals surface area contributed by atoms with Crippen molar-refractivity contribution in [2.45, 2.75) is 64.9 Å². The molecule has 1 N–H and O–H groups in total. The van der Waals surface area contributed by atoms with Crippen LogP contribution < -0.4 is 0 Å². The van der Waals surface area contributed by atoms with Crippen molar-refractivity contribution in [2.24, 2.45) is 5.92 Å². The van der Waals surface area contributed by atoms with Gasteiger partial charge in [-0.1, -0.05) is 39.4 Å². The number of hydrogen-bond acceptors (Lipinski definition) is 3. The van der Waals surface area contributed by atoms with E-state index in [-0.39, 0.29) is 17.4 Å². The van der Waals surface area contributed by atoms with Gasteiger partial charge in [0.1, 0.15) is 0 Å². The van der Waals surface area contributed by atoms with Crippen molar-refractivity contribution in [1.29, 1.82) is 0 Å². The highest BCUT2D eigenvalue weighted by atomic mass is 28.3. The summed E-state index contributed by atoms with van der Waals surface area (Å²) in [6.45, 7) is 12.8. The van der Waals surface area contributed by atoms with Gasteiger partial charge in [0.25, 0.3) is 0 Å². The largest absolute Gasteiger partial charge is 0.466 e. The van der Waals surface area contributed by atoms with Crippen molar-refractivity contribution in [3.63, 3.8) is 0 Å². The Morgan fingerprint density at radius 1 is 1.29 bits per heavy atom. The number of hydrogen-bond donors (Lipinski definition) is 1. The minimum Gasteiger partial charge on any atom is -0.466 e. The Morgan fingerprint density at radius 3 is 2.12 bits per heavy atom. The van der Waals surface area contributed by atoms with Crippen LogP contribution >= 0.6 is 0 Å². The lowest BCUT2D eigenvalue weighted by Crippen LogP contribution is -2.42. The molecule has 0 aliphatic rings. The van der Waals surface area contributed by atoms with Crippen molar-refractivity contribution in [3.05, 3.63) is 0 Å². The van der Waals surface area contributed by atoms with Gasteiger partial charge < -0.3 is 9.84 Å². The van der Waals surface area contributed by atoms with Crippen molar-refractivity contribution in [1.82, 2.24) is 0 Å². The molecule has 0 aliphatic heterocycles. The number of esters is 1. The van der Waals surface area contributed by atoms with Gasteiger partial charge in [0.15, 0.2) is 0 Å². The Bertz CT molecular complexity index is 233. The Morgan fingerprint density at radius 2 is 1.82 bits per heavy atom. The van der Waals surface area contributed by atoms with Gasteiger partial charge in [-0.15, -0.1) is 0 Å². The topological polar surface area (TPSA) is 46.5 Å². The summed E-state index contributed by atoms with van der Waals surface area (Å²) in [5.41, 5.74) is 0.284. The van der Waals surface area contributed by atoms with Gasteiger partial charge in [-0.3, -0.25) is 4.79 Å². The number of carbonyl (C=O) groups is 1. The van der Waals surface area contributed by atoms with Crippen molar-refractivity contribution < 1.29 is 14.6 Å². The molecule has 0 amide bonds. The Labute approximate surface area is 107 Å². The van der Waals surface area contributed by atoms with Crippen LogP contribution in [0.15, 0.2) is 0 Å². The number of aliphatic hydroxyl groups is 1. The third kappa shape index (κ3) is 5.21. The number of carbonyl (C=O) groups excluding carboxylic acids is 1. The summed E-state index contributed by atoms with van der Waals surface area (Å²) >= 11 is 0. The van der Waals surface area contributed by atoms with E-state index < -0.39 is 14.2 Å². The van der Waals surface area contributed by atoms with Crippen molar-refractivity contribution in [2.75, 3.05) is 6.61 Å². The van der Waals surface area contributed by atoms with E-state index in [1.165, 1.54) is 0 Å². The maximum atomic E-state index is 12.0. The molecule has 0 aliphatic carbocycles. The number of aliphatic hydroxyl groups excluding tert-OH is 1. The molecule has 0 saturated carbocycles. The minimum absolute atomic E-state index is 0.233. The molecule has 17 heavy (non-hydrogen) atoms. The van der Waals surface area contributed by atoms with E-state index in [1.54, 1.807) is 13.8 Å². The lowest BCUT2D eigenvalue weighted by molar-refractivity contribution is -0.152. The zero-order valence-corrected chi connectivity index (χ0v) is 13.1. The maximum absolute atomic E-state index is 12.0. The van der Waals surface area contributed by atoms with Gasteiger partial charge in [-0.05, 0) is 19.4 Å². The zero-order valence-electron chi connectivity index (χ0n) is 12.1. The van der Waals surface area contributed by atoms with Gasteiger partial charge in [0.2, 0.25) is 0 Å². The highest BCUT2D eigenvalue weighted by Crippen LogP contribution is 2.37. The van der Waals surface area contributed by atoms with Gasteiger partial charge in [-0.2, -0.15) is 0 Å². The zero-order chi connectivity index (χ0) is 13.6. The molecule has 3 unspecified atom stereocenters. The molecule has 0 aromatic heterocycles. The molecule has 0 saturated heterocycles. The monoisotopic (exact) mass is 260 g/mol. The molecule has 3 nitrogen and oxygen atoms in total. The van der Waals surface area contributed by atoms with Gasteiger partial charge in [0, 0.05) is 8.07 Å². The number of rotatable bonds is 7. The Balaban J connectivity index is 5.03. The van der Waals surface area contributed by atoms with Crippen LogP contribution in [-0.4, -0.2) is 31.9 Å². The van der Waals surface area contributed by atoms with Crippen LogP contribution in [0.3, 0.4) is 0 Å². The summed E-state index contributed by atoms with van der Waals surface area (Å²) in [4.78, 5) is 12.0. The molecule has 0 aromatic rings. The summed E-state index contributed by atoms with van der Waals surface area (Å²) in [6, 6.07) is 0. The second-order valence-electron chi connectivity index (χ2n) is 5.78. The molecule has 0 fully saturated rings. The molecule has 0 bridgehead atoms. The third-order valence-corrected chi connectivity index (χ3v) is 6.10. The van der Waals surface area contributed by atoms with E-state index in [4.69, 9.17) is 4.74 Å². The third-order valence-electron chi connectivity index (χ3n) is 3.22. The van der Waals surface area contributed by atoms with Gasteiger partial charge >= 0.3 is 5.97 Å². The molecule has 102 valence electrons. The van der Waals surface area contributed by atoms with Crippen LogP contribution in [-0.2, 0) is 9.53 Å². The van der Waals surface area contributed by atoms with E-state index in [9.17, 15) is 9.90 Å². The predicted molar refractivity (Wildman–Crippen MR) is 73.8 cm³/mol. The lowest BCUT2D eigenvalue weighted by atomic mass is 9.96. The average Bonchev–Trinajstić information content (AvgIpc) is 2.15. The minimum atomic E-state index is -1.49. The highest BCUT2D eigenvalue weighted by Gasteiger charge is 2.40. The summed E-state index contributed by atoms with van der Waals surface area (Å²) in [6.07, 6.45) is 1.40. The standard InChI is InChI=1S/C13H28O3Si/c1-7-9-11(17(4,5)6)12(10(3)14)13(15)16-8-2/h10-12,14H,7-9H2,1-6H3. The second kappa shape index (κ2) is 7.16. The normalized spacial score (nSPS) is 17.4. The Kier molecular flexibility index (Phi) is 7.01. The molecule has 4 heteroatoms. The highest BCUT2D eigenvalue weighted by molar-refractivity contribution is 6.77. The van der Waals surface area contributed by atoms with Gasteiger partial charge in [0.05, 0.1) is 18.6 Å². The first kappa shape index (κ1) is 16.6. The molecule has 0 rings (SSSR count). The average molecular weight is 260 g/mol. The fraction of sp³-hybridized carbons (Fsp3) is 0.923. The molecular weight excluding hydrogens is 232 g/mol. The number of ether oxygens (including phenoxy) is 1. The molecule has 0 spiro atoms. The molecule has 0 radical (unpaired) electrons. The van der Waals surface area contributed by atoms with E-state index in [1.807, 2.05) is 0 Å². The van der Waals surface area contributed by atoms with Crippen molar-refractivity contribution >= 4 is 14.0 Å². The van der Waals surface area contributed by atoms with Crippen LogP contribution in [0.4, 0.5) is 0 Å². The smallest absolute Gasteiger partial charge is 0.311 e. The first-order valence-electron chi connectivity index (χ1n) is 6.60. The van der Waals surface area contributed by atoms with Crippen molar-refractivity contribution in [3.8, 4) is 0 Å².